The maximum Gasteiger partial charge on any atom is 0.334 e. The Hall–Kier alpha value is -2.30. The van der Waals surface area contributed by atoms with E-state index in [0.29, 0.717) is 5.69 Å². The lowest BCUT2D eigenvalue weighted by molar-refractivity contribution is 0.901. The standard InChI is InChI=1S/C12H13N3O2/c1-7-3-4-8(2)9(5-7)15-10(13)6-11(16)14-12(15)17/h3-6H,13H2,1-2H3,(H,14,16,17). The van der Waals surface area contributed by atoms with E-state index in [1.165, 1.54) is 10.6 Å². The first-order valence-corrected chi connectivity index (χ1v) is 5.18. The van der Waals surface area contributed by atoms with Gasteiger partial charge >= 0.3 is 5.69 Å². The van der Waals surface area contributed by atoms with Crippen molar-refractivity contribution in [1.82, 2.24) is 9.55 Å². The zero-order valence-corrected chi connectivity index (χ0v) is 9.65. The Labute approximate surface area is 97.5 Å². The van der Waals surface area contributed by atoms with Crippen LogP contribution in [0.4, 0.5) is 5.82 Å². The number of nitrogen functional groups attached to an aromatic ring is 1. The normalized spacial score (nSPS) is 10.5. The summed E-state index contributed by atoms with van der Waals surface area (Å²) in [6.45, 7) is 3.81. The van der Waals surface area contributed by atoms with Crippen molar-refractivity contribution in [2.75, 3.05) is 5.73 Å². The number of nitrogens with one attached hydrogen (secondary N) is 1. The smallest absolute Gasteiger partial charge is 0.334 e. The van der Waals surface area contributed by atoms with Crippen LogP contribution in [-0.2, 0) is 0 Å². The van der Waals surface area contributed by atoms with Gasteiger partial charge in [0.05, 0.1) is 5.69 Å². The summed E-state index contributed by atoms with van der Waals surface area (Å²) in [5.74, 6) is 0.132. The third kappa shape index (κ3) is 1.99. The molecular formula is C12H13N3O2. The summed E-state index contributed by atoms with van der Waals surface area (Å²) in [5, 5.41) is 0. The van der Waals surface area contributed by atoms with E-state index in [9.17, 15) is 9.59 Å². The predicted molar refractivity (Wildman–Crippen MR) is 66.5 cm³/mol. The number of aromatic amines is 1. The molecule has 88 valence electrons. The molecule has 0 unspecified atom stereocenters. The summed E-state index contributed by atoms with van der Waals surface area (Å²) < 4.78 is 1.30. The number of anilines is 1. The molecule has 0 atom stereocenters. The quantitative estimate of drug-likeness (QED) is 0.759. The number of nitrogens with zero attached hydrogens (tertiary/aromatic N) is 1. The number of benzene rings is 1. The summed E-state index contributed by atoms with van der Waals surface area (Å²) in [7, 11) is 0. The zero-order chi connectivity index (χ0) is 12.6. The van der Waals surface area contributed by atoms with E-state index in [0.717, 1.165) is 11.1 Å². The molecule has 0 saturated heterocycles. The van der Waals surface area contributed by atoms with Gasteiger partial charge in [-0.05, 0) is 31.0 Å². The van der Waals surface area contributed by atoms with Crippen molar-refractivity contribution in [2.24, 2.45) is 0 Å². The van der Waals surface area contributed by atoms with Crippen LogP contribution in [0.1, 0.15) is 11.1 Å². The van der Waals surface area contributed by atoms with Gasteiger partial charge in [0.2, 0.25) is 0 Å². The Morgan fingerprint density at radius 1 is 1.18 bits per heavy atom. The van der Waals surface area contributed by atoms with Crippen molar-refractivity contribution < 1.29 is 0 Å². The van der Waals surface area contributed by atoms with Crippen LogP contribution >= 0.6 is 0 Å². The lowest BCUT2D eigenvalue weighted by atomic mass is 10.1. The number of aryl methyl sites for hydroxylation is 2. The van der Waals surface area contributed by atoms with E-state index >= 15 is 0 Å². The molecule has 0 spiro atoms. The third-order valence-electron chi connectivity index (χ3n) is 2.58. The second-order valence-electron chi connectivity index (χ2n) is 3.99. The van der Waals surface area contributed by atoms with Crippen LogP contribution in [0.25, 0.3) is 5.69 Å². The highest BCUT2D eigenvalue weighted by molar-refractivity contribution is 5.48. The summed E-state index contributed by atoms with van der Waals surface area (Å²) in [5.41, 5.74) is 7.31. The lowest BCUT2D eigenvalue weighted by Crippen LogP contribution is -2.30. The molecule has 0 aliphatic heterocycles. The Bertz CT molecular complexity index is 683. The Kier molecular flexibility index (Phi) is 2.59. The number of rotatable bonds is 1. The van der Waals surface area contributed by atoms with Gasteiger partial charge in [-0.2, -0.15) is 0 Å². The van der Waals surface area contributed by atoms with Gasteiger partial charge in [-0.15, -0.1) is 0 Å². The van der Waals surface area contributed by atoms with Gasteiger partial charge in [0.25, 0.3) is 5.56 Å². The van der Waals surface area contributed by atoms with E-state index in [-0.39, 0.29) is 5.82 Å². The fraction of sp³-hybridized carbons (Fsp3) is 0.167. The molecule has 0 aliphatic rings. The Balaban J connectivity index is 2.81. The minimum absolute atomic E-state index is 0.132. The molecule has 3 N–H and O–H groups in total. The van der Waals surface area contributed by atoms with Crippen molar-refractivity contribution in [1.29, 1.82) is 0 Å². The monoisotopic (exact) mass is 231 g/mol. The first-order chi connectivity index (χ1) is 7.99. The lowest BCUT2D eigenvalue weighted by Gasteiger charge is -2.11. The van der Waals surface area contributed by atoms with Crippen LogP contribution in [0.2, 0.25) is 0 Å². The van der Waals surface area contributed by atoms with Crippen LogP contribution in [-0.4, -0.2) is 9.55 Å². The maximum absolute atomic E-state index is 11.8. The molecular weight excluding hydrogens is 218 g/mol. The first-order valence-electron chi connectivity index (χ1n) is 5.18. The Morgan fingerprint density at radius 2 is 1.88 bits per heavy atom. The Morgan fingerprint density at radius 3 is 2.53 bits per heavy atom. The molecule has 17 heavy (non-hydrogen) atoms. The number of nitrogens with two attached hydrogens (primary N) is 1. The average molecular weight is 231 g/mol. The molecule has 0 fully saturated rings. The van der Waals surface area contributed by atoms with Crippen LogP contribution in [0.5, 0.6) is 0 Å². The number of aromatic nitrogens is 2. The molecule has 2 rings (SSSR count). The van der Waals surface area contributed by atoms with Crippen molar-refractivity contribution in [2.45, 2.75) is 13.8 Å². The van der Waals surface area contributed by atoms with Gasteiger partial charge < -0.3 is 5.73 Å². The van der Waals surface area contributed by atoms with Crippen molar-refractivity contribution >= 4 is 5.82 Å². The maximum atomic E-state index is 11.8. The molecule has 0 bridgehead atoms. The second-order valence-corrected chi connectivity index (χ2v) is 3.99. The fourth-order valence-electron chi connectivity index (χ4n) is 1.72. The molecule has 0 saturated carbocycles. The molecule has 0 aliphatic carbocycles. The van der Waals surface area contributed by atoms with E-state index in [1.807, 2.05) is 32.0 Å². The fourth-order valence-corrected chi connectivity index (χ4v) is 1.72. The highest BCUT2D eigenvalue weighted by Gasteiger charge is 2.08. The zero-order valence-electron chi connectivity index (χ0n) is 9.65. The highest BCUT2D eigenvalue weighted by Crippen LogP contribution is 2.15. The molecule has 0 radical (unpaired) electrons. The van der Waals surface area contributed by atoms with Crippen LogP contribution in [0.3, 0.4) is 0 Å². The number of hydrogen-bond donors (Lipinski definition) is 2. The topological polar surface area (TPSA) is 80.9 Å². The van der Waals surface area contributed by atoms with Gasteiger partial charge in [-0.25, -0.2) is 9.36 Å². The largest absolute Gasteiger partial charge is 0.385 e. The van der Waals surface area contributed by atoms with Crippen LogP contribution < -0.4 is 17.0 Å². The molecule has 0 amide bonds. The van der Waals surface area contributed by atoms with Gasteiger partial charge in [0.1, 0.15) is 5.82 Å². The third-order valence-corrected chi connectivity index (χ3v) is 2.58. The van der Waals surface area contributed by atoms with Crippen molar-refractivity contribution in [3.63, 3.8) is 0 Å². The first kappa shape index (κ1) is 11.2. The van der Waals surface area contributed by atoms with Gasteiger partial charge in [0.15, 0.2) is 0 Å². The second kappa shape index (κ2) is 3.93. The summed E-state index contributed by atoms with van der Waals surface area (Å²) in [6, 6.07) is 6.90. The van der Waals surface area contributed by atoms with Crippen molar-refractivity contribution in [3.05, 3.63) is 56.2 Å². The minimum atomic E-state index is -0.524. The van der Waals surface area contributed by atoms with E-state index in [2.05, 4.69) is 4.98 Å². The molecule has 5 heteroatoms. The van der Waals surface area contributed by atoms with Gasteiger partial charge in [0, 0.05) is 6.07 Å². The van der Waals surface area contributed by atoms with Crippen LogP contribution in [0, 0.1) is 13.8 Å². The molecule has 2 aromatic rings. The molecule has 1 aromatic carbocycles. The van der Waals surface area contributed by atoms with E-state index in [1.54, 1.807) is 0 Å². The SMILES string of the molecule is Cc1ccc(C)c(-n2c(N)cc(=O)[nH]c2=O)c1. The van der Waals surface area contributed by atoms with Crippen molar-refractivity contribution in [3.8, 4) is 5.69 Å². The van der Waals surface area contributed by atoms with E-state index < -0.39 is 11.2 Å². The summed E-state index contributed by atoms with van der Waals surface area (Å²) in [6.07, 6.45) is 0. The number of hydrogen-bond acceptors (Lipinski definition) is 3. The highest BCUT2D eigenvalue weighted by atomic mass is 16.2. The average Bonchev–Trinajstić information content (AvgIpc) is 2.21. The van der Waals surface area contributed by atoms with Gasteiger partial charge in [-0.1, -0.05) is 12.1 Å². The van der Waals surface area contributed by atoms with Gasteiger partial charge in [-0.3, -0.25) is 9.78 Å². The summed E-state index contributed by atoms with van der Waals surface area (Å²) >= 11 is 0. The predicted octanol–water partition coefficient (Wildman–Crippen LogP) is 0.725. The summed E-state index contributed by atoms with van der Waals surface area (Å²) in [4.78, 5) is 25.0. The van der Waals surface area contributed by atoms with E-state index in [4.69, 9.17) is 5.73 Å². The number of H-pyrrole nitrogens is 1. The molecule has 5 nitrogen and oxygen atoms in total. The minimum Gasteiger partial charge on any atom is -0.385 e. The molecule has 1 heterocycles. The van der Waals surface area contributed by atoms with Crippen LogP contribution in [0.15, 0.2) is 33.9 Å². The molecule has 1 aromatic heterocycles.